The number of hydrogen-bond acceptors (Lipinski definition) is 2. The van der Waals surface area contributed by atoms with Crippen molar-refractivity contribution in [2.75, 3.05) is 0 Å². The third kappa shape index (κ3) is 2.59. The molecular formula is C17H23NO. The van der Waals surface area contributed by atoms with Crippen LogP contribution in [0, 0.1) is 19.8 Å². The Kier molecular flexibility index (Phi) is 3.44. The Balaban J connectivity index is 1.69. The Hall–Kier alpha value is -1.15. The second-order valence-electron chi connectivity index (χ2n) is 6.31. The normalized spacial score (nSPS) is 29.5. The summed E-state index contributed by atoms with van der Waals surface area (Å²) in [4.78, 5) is 12.5. The summed E-state index contributed by atoms with van der Waals surface area (Å²) >= 11 is 0. The van der Waals surface area contributed by atoms with E-state index in [1.165, 1.54) is 29.5 Å². The van der Waals surface area contributed by atoms with Gasteiger partial charge in [-0.15, -0.1) is 0 Å². The fraction of sp³-hybridized carbons (Fsp3) is 0.588. The lowest BCUT2D eigenvalue weighted by molar-refractivity contribution is -0.123. The molecule has 2 heteroatoms. The lowest BCUT2D eigenvalue weighted by Crippen LogP contribution is -2.40. The molecule has 1 aromatic rings. The minimum atomic E-state index is 0.290. The van der Waals surface area contributed by atoms with Crippen LogP contribution in [-0.4, -0.2) is 17.9 Å². The zero-order valence-electron chi connectivity index (χ0n) is 11.9. The Bertz CT molecular complexity index is 482. The number of hydrogen-bond donors (Lipinski definition) is 1. The van der Waals surface area contributed by atoms with Gasteiger partial charge in [0.2, 0.25) is 0 Å². The summed E-state index contributed by atoms with van der Waals surface area (Å²) in [5.74, 6) is 0.741. The van der Waals surface area contributed by atoms with Crippen LogP contribution in [0.5, 0.6) is 0 Å². The minimum Gasteiger partial charge on any atom is -0.311 e. The van der Waals surface area contributed by atoms with Crippen LogP contribution < -0.4 is 5.32 Å². The largest absolute Gasteiger partial charge is 0.311 e. The molecule has 2 saturated heterocycles. The summed E-state index contributed by atoms with van der Waals surface area (Å²) in [5, 5.41) is 3.61. The van der Waals surface area contributed by atoms with Gasteiger partial charge in [0.05, 0.1) is 0 Å². The Labute approximate surface area is 115 Å². The number of benzene rings is 1. The van der Waals surface area contributed by atoms with E-state index in [1.807, 2.05) is 0 Å². The van der Waals surface area contributed by atoms with Crippen molar-refractivity contribution in [2.24, 2.45) is 5.92 Å². The topological polar surface area (TPSA) is 29.1 Å². The molecule has 0 spiro atoms. The van der Waals surface area contributed by atoms with Crippen LogP contribution in [0.1, 0.15) is 42.4 Å². The van der Waals surface area contributed by atoms with Crippen LogP contribution in [0.2, 0.25) is 0 Å². The standard InChI is InChI=1S/C17H23NO/c1-11-4-3-5-13(12(11)2)10-17(19)14-8-15-6-7-16(9-14)18-15/h3-5,14-16,18H,6-10H2,1-2H3. The Morgan fingerprint density at radius 3 is 2.58 bits per heavy atom. The predicted octanol–water partition coefficient (Wildman–Crippen LogP) is 2.95. The number of rotatable bonds is 3. The third-order valence-corrected chi connectivity index (χ3v) is 5.01. The van der Waals surface area contributed by atoms with E-state index in [0.717, 1.165) is 12.8 Å². The zero-order chi connectivity index (χ0) is 13.4. The van der Waals surface area contributed by atoms with Crippen LogP contribution in [0.3, 0.4) is 0 Å². The smallest absolute Gasteiger partial charge is 0.140 e. The number of aryl methyl sites for hydroxylation is 1. The van der Waals surface area contributed by atoms with Crippen LogP contribution in [0.25, 0.3) is 0 Å². The van der Waals surface area contributed by atoms with E-state index in [1.54, 1.807) is 0 Å². The molecule has 102 valence electrons. The number of carbonyl (C=O) groups is 1. The number of nitrogens with one attached hydrogen (secondary N) is 1. The summed E-state index contributed by atoms with van der Waals surface area (Å²) in [6, 6.07) is 7.50. The first-order valence-electron chi connectivity index (χ1n) is 7.47. The van der Waals surface area contributed by atoms with Gasteiger partial charge in [-0.2, -0.15) is 0 Å². The molecule has 2 nitrogen and oxygen atoms in total. The van der Waals surface area contributed by atoms with Crippen molar-refractivity contribution >= 4 is 5.78 Å². The SMILES string of the molecule is Cc1cccc(CC(=O)C2CC3CCC(C2)N3)c1C. The molecule has 0 radical (unpaired) electrons. The molecule has 1 N–H and O–H groups in total. The summed E-state index contributed by atoms with van der Waals surface area (Å²) in [5.41, 5.74) is 3.79. The van der Waals surface area contributed by atoms with E-state index < -0.39 is 0 Å². The van der Waals surface area contributed by atoms with Crippen molar-refractivity contribution in [1.82, 2.24) is 5.32 Å². The molecule has 2 bridgehead atoms. The predicted molar refractivity (Wildman–Crippen MR) is 77.3 cm³/mol. The quantitative estimate of drug-likeness (QED) is 0.902. The van der Waals surface area contributed by atoms with Gasteiger partial charge in [-0.05, 0) is 56.2 Å². The molecule has 2 fully saturated rings. The van der Waals surface area contributed by atoms with Crippen molar-refractivity contribution in [3.8, 4) is 0 Å². The molecule has 2 aliphatic heterocycles. The first-order chi connectivity index (χ1) is 9.13. The number of piperidine rings is 1. The summed E-state index contributed by atoms with van der Waals surface area (Å²) in [6.07, 6.45) is 5.26. The first kappa shape index (κ1) is 12.9. The monoisotopic (exact) mass is 257 g/mol. The molecule has 0 saturated carbocycles. The van der Waals surface area contributed by atoms with E-state index in [9.17, 15) is 4.79 Å². The lowest BCUT2D eigenvalue weighted by Gasteiger charge is -2.28. The van der Waals surface area contributed by atoms with Gasteiger partial charge >= 0.3 is 0 Å². The molecule has 2 unspecified atom stereocenters. The number of carbonyl (C=O) groups excluding carboxylic acids is 1. The first-order valence-corrected chi connectivity index (χ1v) is 7.47. The highest BCUT2D eigenvalue weighted by Gasteiger charge is 2.36. The fourth-order valence-electron chi connectivity index (χ4n) is 3.66. The molecule has 2 heterocycles. The number of ketones is 1. The maximum absolute atomic E-state index is 12.5. The molecule has 2 aliphatic rings. The summed E-state index contributed by atoms with van der Waals surface area (Å²) < 4.78 is 0. The van der Waals surface area contributed by atoms with Crippen LogP contribution in [0.15, 0.2) is 18.2 Å². The maximum Gasteiger partial charge on any atom is 0.140 e. The van der Waals surface area contributed by atoms with Crippen molar-refractivity contribution in [3.63, 3.8) is 0 Å². The van der Waals surface area contributed by atoms with Crippen LogP contribution in [0.4, 0.5) is 0 Å². The number of Topliss-reactive ketones (excluding diaryl/α,β-unsaturated/α-hetero) is 1. The third-order valence-electron chi connectivity index (χ3n) is 5.01. The summed E-state index contributed by atoms with van der Waals surface area (Å²) in [7, 11) is 0. The van der Waals surface area contributed by atoms with Gasteiger partial charge in [0.25, 0.3) is 0 Å². The number of fused-ring (bicyclic) bond motifs is 2. The molecule has 19 heavy (non-hydrogen) atoms. The minimum absolute atomic E-state index is 0.290. The average molecular weight is 257 g/mol. The molecule has 0 aliphatic carbocycles. The van der Waals surface area contributed by atoms with Crippen molar-refractivity contribution in [1.29, 1.82) is 0 Å². The van der Waals surface area contributed by atoms with Crippen molar-refractivity contribution < 1.29 is 4.79 Å². The van der Waals surface area contributed by atoms with E-state index >= 15 is 0 Å². The second kappa shape index (κ2) is 5.09. The van der Waals surface area contributed by atoms with Gasteiger partial charge in [-0.25, -0.2) is 0 Å². The maximum atomic E-state index is 12.5. The lowest BCUT2D eigenvalue weighted by atomic mass is 9.85. The van der Waals surface area contributed by atoms with E-state index in [2.05, 4.69) is 37.4 Å². The van der Waals surface area contributed by atoms with E-state index in [-0.39, 0.29) is 0 Å². The van der Waals surface area contributed by atoms with Gasteiger partial charge in [0, 0.05) is 24.4 Å². The zero-order valence-corrected chi connectivity index (χ0v) is 11.9. The molecule has 2 atom stereocenters. The highest BCUT2D eigenvalue weighted by molar-refractivity contribution is 5.84. The van der Waals surface area contributed by atoms with E-state index in [0.29, 0.717) is 30.2 Å². The molecule has 0 amide bonds. The molecule has 1 aromatic carbocycles. The van der Waals surface area contributed by atoms with Gasteiger partial charge in [0.1, 0.15) is 5.78 Å². The van der Waals surface area contributed by atoms with E-state index in [4.69, 9.17) is 0 Å². The van der Waals surface area contributed by atoms with Gasteiger partial charge in [0.15, 0.2) is 0 Å². The van der Waals surface area contributed by atoms with Gasteiger partial charge < -0.3 is 5.32 Å². The molecule has 3 rings (SSSR count). The molecular weight excluding hydrogens is 234 g/mol. The Morgan fingerprint density at radius 2 is 1.89 bits per heavy atom. The Morgan fingerprint density at radius 1 is 1.21 bits per heavy atom. The van der Waals surface area contributed by atoms with Gasteiger partial charge in [-0.1, -0.05) is 18.2 Å². The van der Waals surface area contributed by atoms with Crippen molar-refractivity contribution in [3.05, 3.63) is 34.9 Å². The second-order valence-corrected chi connectivity index (χ2v) is 6.31. The average Bonchev–Trinajstić information content (AvgIpc) is 2.73. The highest BCUT2D eigenvalue weighted by Crippen LogP contribution is 2.32. The molecule has 0 aromatic heterocycles. The van der Waals surface area contributed by atoms with Crippen LogP contribution >= 0.6 is 0 Å². The van der Waals surface area contributed by atoms with Crippen molar-refractivity contribution in [2.45, 2.75) is 58.0 Å². The van der Waals surface area contributed by atoms with Gasteiger partial charge in [-0.3, -0.25) is 4.79 Å². The van der Waals surface area contributed by atoms with Crippen LogP contribution in [-0.2, 0) is 11.2 Å². The highest BCUT2D eigenvalue weighted by atomic mass is 16.1. The fourth-order valence-corrected chi connectivity index (χ4v) is 3.66. The summed E-state index contributed by atoms with van der Waals surface area (Å²) in [6.45, 7) is 4.25.